The van der Waals surface area contributed by atoms with Gasteiger partial charge in [0.15, 0.2) is 5.96 Å². The molecule has 0 aromatic heterocycles. The molecule has 0 spiro atoms. The van der Waals surface area contributed by atoms with Crippen LogP contribution in [-0.4, -0.2) is 45.4 Å². The van der Waals surface area contributed by atoms with Crippen LogP contribution in [-0.2, 0) is 4.74 Å². The van der Waals surface area contributed by atoms with E-state index < -0.39 is 0 Å². The summed E-state index contributed by atoms with van der Waals surface area (Å²) in [5.74, 6) is 1.78. The zero-order chi connectivity index (χ0) is 18.0. The van der Waals surface area contributed by atoms with Gasteiger partial charge in [-0.15, -0.1) is 0 Å². The average Bonchev–Trinajstić information content (AvgIpc) is 3.38. The van der Waals surface area contributed by atoms with Crippen molar-refractivity contribution in [3.05, 3.63) is 29.8 Å². The highest BCUT2D eigenvalue weighted by molar-refractivity contribution is 5.79. The Labute approximate surface area is 152 Å². The minimum absolute atomic E-state index is 0.371. The molecular formula is C20H33N3O2. The molecule has 0 aliphatic heterocycles. The molecule has 0 atom stereocenters. The summed E-state index contributed by atoms with van der Waals surface area (Å²) in [6, 6.07) is 8.13. The van der Waals surface area contributed by atoms with E-state index in [1.807, 2.05) is 19.1 Å². The Morgan fingerprint density at radius 3 is 2.52 bits per heavy atom. The van der Waals surface area contributed by atoms with Gasteiger partial charge in [0.05, 0.1) is 6.54 Å². The molecule has 0 radical (unpaired) electrons. The topological polar surface area (TPSA) is 54.9 Å². The van der Waals surface area contributed by atoms with Gasteiger partial charge in [0, 0.05) is 26.3 Å². The van der Waals surface area contributed by atoms with Crippen LogP contribution < -0.4 is 15.4 Å². The summed E-state index contributed by atoms with van der Waals surface area (Å²) in [5, 5.41) is 6.66. The highest BCUT2D eigenvalue weighted by Gasteiger charge is 2.41. The molecule has 5 nitrogen and oxygen atoms in total. The Morgan fingerprint density at radius 1 is 1.12 bits per heavy atom. The van der Waals surface area contributed by atoms with Crippen LogP contribution in [0.2, 0.25) is 0 Å². The summed E-state index contributed by atoms with van der Waals surface area (Å²) in [4.78, 5) is 4.77. The summed E-state index contributed by atoms with van der Waals surface area (Å²) >= 11 is 0. The van der Waals surface area contributed by atoms with Crippen LogP contribution >= 0.6 is 0 Å². The van der Waals surface area contributed by atoms with Crippen LogP contribution in [0.1, 0.15) is 38.7 Å². The Bertz CT molecular complexity index is 524. The Morgan fingerprint density at radius 2 is 1.88 bits per heavy atom. The molecule has 0 saturated heterocycles. The molecule has 0 unspecified atom stereocenters. The molecule has 0 amide bonds. The molecule has 25 heavy (non-hydrogen) atoms. The highest BCUT2D eigenvalue weighted by Crippen LogP contribution is 2.48. The van der Waals surface area contributed by atoms with Gasteiger partial charge in [-0.3, -0.25) is 4.99 Å². The maximum atomic E-state index is 5.75. The minimum Gasteiger partial charge on any atom is -0.492 e. The lowest BCUT2D eigenvalue weighted by Gasteiger charge is -2.15. The van der Waals surface area contributed by atoms with Crippen molar-refractivity contribution in [1.82, 2.24) is 10.6 Å². The van der Waals surface area contributed by atoms with E-state index in [-0.39, 0.29) is 0 Å². The molecule has 140 valence electrons. The van der Waals surface area contributed by atoms with E-state index in [0.717, 1.165) is 51.0 Å². The molecule has 0 heterocycles. The van der Waals surface area contributed by atoms with Crippen molar-refractivity contribution in [2.75, 3.05) is 39.5 Å². The maximum absolute atomic E-state index is 5.75. The van der Waals surface area contributed by atoms with Crippen LogP contribution in [0.5, 0.6) is 5.75 Å². The standard InChI is InChI=1S/C20H33N3O2/c1-4-21-19(23-16-20(10-11-20)12-14-24-5-2)22-13-15-25-18-8-6-17(3)7-9-18/h6-9H,4-5,10-16H2,1-3H3,(H2,21,22,23). The molecule has 2 N–H and O–H groups in total. The molecule has 1 aromatic carbocycles. The number of benzene rings is 1. The van der Waals surface area contributed by atoms with Crippen molar-refractivity contribution in [2.45, 2.75) is 40.0 Å². The third-order valence-corrected chi connectivity index (χ3v) is 4.54. The minimum atomic E-state index is 0.371. The van der Waals surface area contributed by atoms with Crippen molar-refractivity contribution in [1.29, 1.82) is 0 Å². The van der Waals surface area contributed by atoms with Crippen molar-refractivity contribution in [3.8, 4) is 5.75 Å². The molecule has 0 bridgehead atoms. The lowest BCUT2D eigenvalue weighted by Crippen LogP contribution is -2.39. The Hall–Kier alpha value is -1.75. The SMILES string of the molecule is CCNC(=NCC1(CCOCC)CC1)NCCOc1ccc(C)cc1. The molecule has 1 aromatic rings. The fourth-order valence-electron chi connectivity index (χ4n) is 2.66. The first-order valence-electron chi connectivity index (χ1n) is 9.47. The zero-order valence-corrected chi connectivity index (χ0v) is 15.9. The fourth-order valence-corrected chi connectivity index (χ4v) is 2.66. The normalized spacial score (nSPS) is 15.7. The van der Waals surface area contributed by atoms with E-state index >= 15 is 0 Å². The lowest BCUT2D eigenvalue weighted by molar-refractivity contribution is 0.129. The van der Waals surface area contributed by atoms with Gasteiger partial charge in [0.1, 0.15) is 12.4 Å². The first-order valence-corrected chi connectivity index (χ1v) is 9.47. The zero-order valence-electron chi connectivity index (χ0n) is 15.9. The summed E-state index contributed by atoms with van der Waals surface area (Å²) in [6.45, 7) is 10.9. The van der Waals surface area contributed by atoms with Crippen molar-refractivity contribution in [2.24, 2.45) is 10.4 Å². The van der Waals surface area contributed by atoms with E-state index in [9.17, 15) is 0 Å². The summed E-state index contributed by atoms with van der Waals surface area (Å²) < 4.78 is 11.2. The molecule has 1 aliphatic rings. The second-order valence-corrected chi connectivity index (χ2v) is 6.73. The van der Waals surface area contributed by atoms with Crippen molar-refractivity contribution in [3.63, 3.8) is 0 Å². The molecular weight excluding hydrogens is 314 g/mol. The fraction of sp³-hybridized carbons (Fsp3) is 0.650. The molecule has 1 aliphatic carbocycles. The maximum Gasteiger partial charge on any atom is 0.191 e. The second-order valence-electron chi connectivity index (χ2n) is 6.73. The van der Waals surface area contributed by atoms with Gasteiger partial charge in [0.25, 0.3) is 0 Å². The largest absolute Gasteiger partial charge is 0.492 e. The van der Waals surface area contributed by atoms with Gasteiger partial charge in [-0.1, -0.05) is 17.7 Å². The summed E-state index contributed by atoms with van der Waals surface area (Å²) in [7, 11) is 0. The molecule has 5 heteroatoms. The van der Waals surface area contributed by atoms with Crippen molar-refractivity contribution < 1.29 is 9.47 Å². The van der Waals surface area contributed by atoms with E-state index in [2.05, 4.69) is 36.6 Å². The van der Waals surface area contributed by atoms with E-state index in [1.54, 1.807) is 0 Å². The number of hydrogen-bond donors (Lipinski definition) is 2. The Kier molecular flexibility index (Phi) is 8.06. The van der Waals surface area contributed by atoms with Gasteiger partial charge < -0.3 is 20.1 Å². The summed E-state index contributed by atoms with van der Waals surface area (Å²) in [6.07, 6.45) is 3.64. The van der Waals surface area contributed by atoms with Gasteiger partial charge in [-0.2, -0.15) is 0 Å². The molecule has 1 fully saturated rings. The van der Waals surface area contributed by atoms with Crippen LogP contribution in [0.3, 0.4) is 0 Å². The van der Waals surface area contributed by atoms with E-state index in [1.165, 1.54) is 18.4 Å². The predicted octanol–water partition coefficient (Wildman–Crippen LogP) is 3.14. The van der Waals surface area contributed by atoms with Crippen LogP contribution in [0, 0.1) is 12.3 Å². The van der Waals surface area contributed by atoms with Gasteiger partial charge >= 0.3 is 0 Å². The number of ether oxygens (including phenoxy) is 2. The first kappa shape index (κ1) is 19.6. The molecule has 1 saturated carbocycles. The van der Waals surface area contributed by atoms with Crippen molar-refractivity contribution >= 4 is 5.96 Å². The van der Waals surface area contributed by atoms with E-state index in [0.29, 0.717) is 12.0 Å². The quantitative estimate of drug-likeness (QED) is 0.367. The molecule has 2 rings (SSSR count). The number of nitrogens with one attached hydrogen (secondary N) is 2. The number of guanidine groups is 1. The Balaban J connectivity index is 1.71. The van der Waals surface area contributed by atoms with Crippen LogP contribution in [0.25, 0.3) is 0 Å². The van der Waals surface area contributed by atoms with Gasteiger partial charge in [0.2, 0.25) is 0 Å². The van der Waals surface area contributed by atoms with Gasteiger partial charge in [-0.05, 0) is 57.6 Å². The highest BCUT2D eigenvalue weighted by atomic mass is 16.5. The first-order chi connectivity index (χ1) is 12.2. The third-order valence-electron chi connectivity index (χ3n) is 4.54. The average molecular weight is 348 g/mol. The number of aryl methyl sites for hydroxylation is 1. The van der Waals surface area contributed by atoms with Gasteiger partial charge in [-0.25, -0.2) is 0 Å². The lowest BCUT2D eigenvalue weighted by atomic mass is 10.0. The third kappa shape index (κ3) is 7.34. The predicted molar refractivity (Wildman–Crippen MR) is 103 cm³/mol. The van der Waals surface area contributed by atoms with E-state index in [4.69, 9.17) is 14.5 Å². The number of aliphatic imine (C=N–C) groups is 1. The smallest absolute Gasteiger partial charge is 0.191 e. The number of nitrogens with zero attached hydrogens (tertiary/aromatic N) is 1. The summed E-state index contributed by atoms with van der Waals surface area (Å²) in [5.41, 5.74) is 1.61. The monoisotopic (exact) mass is 347 g/mol. The second kappa shape index (κ2) is 10.3. The number of hydrogen-bond acceptors (Lipinski definition) is 3. The van der Waals surface area contributed by atoms with Crippen LogP contribution in [0.4, 0.5) is 0 Å². The number of rotatable bonds is 11. The van der Waals surface area contributed by atoms with Crippen LogP contribution in [0.15, 0.2) is 29.3 Å².